The number of methoxy groups -OCH3 is 1. The first kappa shape index (κ1) is 17.0. The number of nitrogens with zero attached hydrogens (tertiary/aromatic N) is 1. The number of amides is 1. The zero-order valence-corrected chi connectivity index (χ0v) is 14.1. The van der Waals surface area contributed by atoms with Gasteiger partial charge in [0.15, 0.2) is 5.13 Å². The second kappa shape index (κ2) is 7.40. The first-order valence-electron chi connectivity index (χ1n) is 7.39. The third kappa shape index (κ3) is 4.00. The summed E-state index contributed by atoms with van der Waals surface area (Å²) in [7, 11) is 1.54. The highest BCUT2D eigenvalue weighted by Crippen LogP contribution is 2.28. The van der Waals surface area contributed by atoms with Crippen LogP contribution >= 0.6 is 11.3 Å². The highest BCUT2D eigenvalue weighted by atomic mass is 32.1. The average molecular weight is 360 g/mol. The molecule has 1 N–H and O–H groups in total. The third-order valence-corrected chi connectivity index (χ3v) is 4.26. The first-order valence-corrected chi connectivity index (χ1v) is 8.27. The predicted octanol–water partition coefficient (Wildman–Crippen LogP) is 4.28. The molecular formula is C18H14F2N2O2S. The number of rotatable bonds is 5. The van der Waals surface area contributed by atoms with Crippen LogP contribution in [0.2, 0.25) is 0 Å². The molecule has 0 aliphatic heterocycles. The molecule has 0 atom stereocenters. The summed E-state index contributed by atoms with van der Waals surface area (Å²) in [4.78, 5) is 16.3. The molecule has 128 valence electrons. The van der Waals surface area contributed by atoms with Crippen molar-refractivity contribution in [1.82, 2.24) is 4.98 Å². The van der Waals surface area contributed by atoms with Crippen LogP contribution in [0.15, 0.2) is 47.8 Å². The molecule has 1 heterocycles. The first-order chi connectivity index (χ1) is 12.1. The average Bonchev–Trinajstić information content (AvgIpc) is 3.05. The lowest BCUT2D eigenvalue weighted by Gasteiger charge is -2.07. The van der Waals surface area contributed by atoms with Gasteiger partial charge in [-0.15, -0.1) is 11.3 Å². The molecule has 3 rings (SSSR count). The van der Waals surface area contributed by atoms with Crippen LogP contribution in [0.4, 0.5) is 13.9 Å². The summed E-state index contributed by atoms with van der Waals surface area (Å²) >= 11 is 1.14. The van der Waals surface area contributed by atoms with Crippen LogP contribution in [0, 0.1) is 11.6 Å². The number of para-hydroxylation sites is 1. The van der Waals surface area contributed by atoms with E-state index in [1.807, 2.05) is 12.1 Å². The Morgan fingerprint density at radius 3 is 2.84 bits per heavy atom. The lowest BCUT2D eigenvalue weighted by atomic mass is 10.1. The fourth-order valence-electron chi connectivity index (χ4n) is 2.33. The molecule has 0 saturated carbocycles. The zero-order chi connectivity index (χ0) is 17.8. The molecule has 0 bridgehead atoms. The number of hydrogen-bond donors (Lipinski definition) is 1. The molecule has 1 aromatic heterocycles. The Labute approximate surface area is 147 Å². The zero-order valence-electron chi connectivity index (χ0n) is 13.3. The van der Waals surface area contributed by atoms with Gasteiger partial charge in [-0.3, -0.25) is 4.79 Å². The second-order valence-electron chi connectivity index (χ2n) is 5.20. The standard InChI is InChI=1S/C18H14F2N2O2S/c1-24-16-5-3-2-4-11(16)8-17(23)22-18-21-15(10-25-18)13-9-12(19)6-7-14(13)20/h2-7,9-10H,8H2,1H3,(H,21,22,23). The van der Waals surface area contributed by atoms with E-state index in [1.165, 1.54) is 7.11 Å². The fourth-order valence-corrected chi connectivity index (χ4v) is 3.06. The van der Waals surface area contributed by atoms with Gasteiger partial charge in [0.2, 0.25) is 5.91 Å². The SMILES string of the molecule is COc1ccccc1CC(=O)Nc1nc(-c2cc(F)ccc2F)cs1. The Bertz CT molecular complexity index is 912. The molecular weight excluding hydrogens is 346 g/mol. The molecule has 0 unspecified atom stereocenters. The van der Waals surface area contributed by atoms with Gasteiger partial charge in [0.1, 0.15) is 17.4 Å². The molecule has 7 heteroatoms. The number of carbonyl (C=O) groups is 1. The van der Waals surface area contributed by atoms with E-state index in [4.69, 9.17) is 4.74 Å². The summed E-state index contributed by atoms with van der Waals surface area (Å²) in [5, 5.41) is 4.55. The van der Waals surface area contributed by atoms with Crippen LogP contribution in [-0.2, 0) is 11.2 Å². The van der Waals surface area contributed by atoms with Crippen LogP contribution in [0.1, 0.15) is 5.56 Å². The Morgan fingerprint density at radius 2 is 2.04 bits per heavy atom. The van der Waals surface area contributed by atoms with Crippen LogP contribution in [0.3, 0.4) is 0 Å². The summed E-state index contributed by atoms with van der Waals surface area (Å²) < 4.78 is 32.3. The number of thiazole rings is 1. The maximum absolute atomic E-state index is 13.8. The lowest BCUT2D eigenvalue weighted by molar-refractivity contribution is -0.115. The summed E-state index contributed by atoms with van der Waals surface area (Å²) in [6.45, 7) is 0. The highest BCUT2D eigenvalue weighted by molar-refractivity contribution is 7.14. The number of ether oxygens (including phenoxy) is 1. The molecule has 0 saturated heterocycles. The number of carbonyl (C=O) groups excluding carboxylic acids is 1. The van der Waals surface area contributed by atoms with Crippen molar-refractivity contribution in [2.24, 2.45) is 0 Å². The smallest absolute Gasteiger partial charge is 0.230 e. The molecule has 0 aliphatic carbocycles. The molecule has 25 heavy (non-hydrogen) atoms. The van der Waals surface area contributed by atoms with Gasteiger partial charge in [0.25, 0.3) is 0 Å². The van der Waals surface area contributed by atoms with Gasteiger partial charge in [0, 0.05) is 16.5 Å². The van der Waals surface area contributed by atoms with Gasteiger partial charge < -0.3 is 10.1 Å². The summed E-state index contributed by atoms with van der Waals surface area (Å²) in [5.41, 5.74) is 1.08. The van der Waals surface area contributed by atoms with E-state index in [0.29, 0.717) is 10.9 Å². The van der Waals surface area contributed by atoms with E-state index < -0.39 is 11.6 Å². The van der Waals surface area contributed by atoms with Gasteiger partial charge in [-0.2, -0.15) is 0 Å². The van der Waals surface area contributed by atoms with Crippen molar-refractivity contribution in [1.29, 1.82) is 0 Å². The molecule has 3 aromatic rings. The molecule has 0 radical (unpaired) electrons. The Hall–Kier alpha value is -2.80. The number of aromatic nitrogens is 1. The predicted molar refractivity (Wildman–Crippen MR) is 92.8 cm³/mol. The second-order valence-corrected chi connectivity index (χ2v) is 6.06. The number of halogens is 2. The lowest BCUT2D eigenvalue weighted by Crippen LogP contribution is -2.14. The minimum absolute atomic E-state index is 0.0569. The Balaban J connectivity index is 1.73. The van der Waals surface area contributed by atoms with Crippen molar-refractivity contribution >= 4 is 22.4 Å². The van der Waals surface area contributed by atoms with Crippen LogP contribution < -0.4 is 10.1 Å². The number of anilines is 1. The van der Waals surface area contributed by atoms with Crippen LogP contribution in [-0.4, -0.2) is 18.0 Å². The number of benzene rings is 2. The van der Waals surface area contributed by atoms with Gasteiger partial charge in [-0.1, -0.05) is 18.2 Å². The molecule has 4 nitrogen and oxygen atoms in total. The molecule has 0 aliphatic rings. The van der Waals surface area contributed by atoms with Crippen molar-refractivity contribution in [2.45, 2.75) is 6.42 Å². The van der Waals surface area contributed by atoms with Crippen molar-refractivity contribution in [3.05, 3.63) is 65.0 Å². The Morgan fingerprint density at radius 1 is 1.24 bits per heavy atom. The summed E-state index contributed by atoms with van der Waals surface area (Å²) in [5.74, 6) is -0.769. The van der Waals surface area contributed by atoms with E-state index in [-0.39, 0.29) is 23.6 Å². The molecule has 0 spiro atoms. The van der Waals surface area contributed by atoms with Crippen molar-refractivity contribution in [2.75, 3.05) is 12.4 Å². The van der Waals surface area contributed by atoms with Crippen LogP contribution in [0.5, 0.6) is 5.75 Å². The van der Waals surface area contributed by atoms with Gasteiger partial charge in [-0.05, 0) is 24.3 Å². The van der Waals surface area contributed by atoms with Crippen molar-refractivity contribution < 1.29 is 18.3 Å². The van der Waals surface area contributed by atoms with E-state index in [9.17, 15) is 13.6 Å². The minimum Gasteiger partial charge on any atom is -0.496 e. The van der Waals surface area contributed by atoms with E-state index in [0.717, 1.165) is 35.1 Å². The normalized spacial score (nSPS) is 10.5. The summed E-state index contributed by atoms with van der Waals surface area (Å²) in [6, 6.07) is 10.4. The maximum Gasteiger partial charge on any atom is 0.230 e. The largest absolute Gasteiger partial charge is 0.496 e. The number of nitrogens with one attached hydrogen (secondary N) is 1. The Kier molecular flexibility index (Phi) is 5.04. The third-order valence-electron chi connectivity index (χ3n) is 3.50. The number of hydrogen-bond acceptors (Lipinski definition) is 4. The molecule has 2 aromatic carbocycles. The quantitative estimate of drug-likeness (QED) is 0.739. The summed E-state index contributed by atoms with van der Waals surface area (Å²) in [6.07, 6.45) is 0.118. The van der Waals surface area contributed by atoms with Crippen molar-refractivity contribution in [3.63, 3.8) is 0 Å². The molecule has 0 fully saturated rings. The topological polar surface area (TPSA) is 51.2 Å². The van der Waals surface area contributed by atoms with Gasteiger partial charge in [0.05, 0.1) is 19.2 Å². The van der Waals surface area contributed by atoms with Gasteiger partial charge >= 0.3 is 0 Å². The highest BCUT2D eigenvalue weighted by Gasteiger charge is 2.13. The van der Waals surface area contributed by atoms with Gasteiger partial charge in [-0.25, -0.2) is 13.8 Å². The van der Waals surface area contributed by atoms with E-state index >= 15 is 0 Å². The fraction of sp³-hybridized carbons (Fsp3) is 0.111. The van der Waals surface area contributed by atoms with E-state index in [1.54, 1.807) is 17.5 Å². The van der Waals surface area contributed by atoms with Crippen molar-refractivity contribution in [3.8, 4) is 17.0 Å². The monoisotopic (exact) mass is 360 g/mol. The molecule has 1 amide bonds. The minimum atomic E-state index is -0.571. The van der Waals surface area contributed by atoms with E-state index in [2.05, 4.69) is 10.3 Å². The maximum atomic E-state index is 13.8. The van der Waals surface area contributed by atoms with Crippen LogP contribution in [0.25, 0.3) is 11.3 Å².